The molecule has 0 bridgehead atoms. The molecule has 0 saturated heterocycles. The Morgan fingerprint density at radius 3 is 2.68 bits per heavy atom. The van der Waals surface area contributed by atoms with E-state index in [1.54, 1.807) is 25.3 Å². The highest BCUT2D eigenvalue weighted by atomic mass is 32.1. The standard InChI is InChI=1S/C21H23N3O3S/c1-6-9-24-13(2)10-16(14(24)3)17-12-28-21(22-17)23-20(25)15-7-8-18(26-4)19(11-15)27-5/h6-8,10-12H,1,9H2,2-5H3,(H,22,23,25). The minimum absolute atomic E-state index is 0.251. The van der Waals surface area contributed by atoms with Crippen LogP contribution in [-0.2, 0) is 6.54 Å². The molecule has 146 valence electrons. The van der Waals surface area contributed by atoms with Crippen LogP contribution in [0.4, 0.5) is 5.13 Å². The van der Waals surface area contributed by atoms with Crippen LogP contribution in [0.2, 0.25) is 0 Å². The average molecular weight is 398 g/mol. The summed E-state index contributed by atoms with van der Waals surface area (Å²) in [5.74, 6) is 0.828. The van der Waals surface area contributed by atoms with E-state index in [2.05, 4.69) is 41.4 Å². The van der Waals surface area contributed by atoms with Crippen LogP contribution >= 0.6 is 11.3 Å². The van der Waals surface area contributed by atoms with Gasteiger partial charge in [0.15, 0.2) is 16.6 Å². The molecule has 6 nitrogen and oxygen atoms in total. The third-order valence-electron chi connectivity index (χ3n) is 4.53. The summed E-state index contributed by atoms with van der Waals surface area (Å²) in [6, 6.07) is 7.14. The van der Waals surface area contributed by atoms with Gasteiger partial charge in [0.25, 0.3) is 5.91 Å². The molecule has 0 atom stereocenters. The Hall–Kier alpha value is -3.06. The number of amides is 1. The zero-order chi connectivity index (χ0) is 20.3. The highest BCUT2D eigenvalue weighted by Crippen LogP contribution is 2.31. The van der Waals surface area contributed by atoms with Crippen molar-refractivity contribution in [2.24, 2.45) is 0 Å². The number of nitrogens with one attached hydrogen (secondary N) is 1. The maximum Gasteiger partial charge on any atom is 0.257 e. The number of allylic oxidation sites excluding steroid dienone is 1. The lowest BCUT2D eigenvalue weighted by molar-refractivity contribution is 0.102. The van der Waals surface area contributed by atoms with E-state index in [1.807, 2.05) is 11.5 Å². The molecular formula is C21H23N3O3S. The molecule has 7 heteroatoms. The summed E-state index contributed by atoms with van der Waals surface area (Å²) in [6.45, 7) is 8.69. The van der Waals surface area contributed by atoms with Crippen molar-refractivity contribution in [2.45, 2.75) is 20.4 Å². The normalized spacial score (nSPS) is 10.6. The van der Waals surface area contributed by atoms with Gasteiger partial charge in [0.2, 0.25) is 0 Å². The molecule has 2 heterocycles. The van der Waals surface area contributed by atoms with Gasteiger partial charge >= 0.3 is 0 Å². The van der Waals surface area contributed by atoms with Crippen molar-refractivity contribution in [3.8, 4) is 22.8 Å². The fourth-order valence-corrected chi connectivity index (χ4v) is 3.78. The summed E-state index contributed by atoms with van der Waals surface area (Å²) in [5.41, 5.74) is 4.65. The fraction of sp³-hybridized carbons (Fsp3) is 0.238. The third-order valence-corrected chi connectivity index (χ3v) is 5.29. The van der Waals surface area contributed by atoms with Crippen LogP contribution in [0, 0.1) is 13.8 Å². The number of aromatic nitrogens is 2. The van der Waals surface area contributed by atoms with Gasteiger partial charge in [-0.25, -0.2) is 4.98 Å². The number of hydrogen-bond donors (Lipinski definition) is 1. The minimum Gasteiger partial charge on any atom is -0.493 e. The molecule has 1 aromatic carbocycles. The Balaban J connectivity index is 1.81. The van der Waals surface area contributed by atoms with Crippen molar-refractivity contribution in [1.29, 1.82) is 0 Å². The number of thiazole rings is 1. The molecule has 0 aliphatic heterocycles. The van der Waals surface area contributed by atoms with Crippen LogP contribution in [0.3, 0.4) is 0 Å². The quantitative estimate of drug-likeness (QED) is 0.588. The van der Waals surface area contributed by atoms with E-state index >= 15 is 0 Å². The molecule has 0 unspecified atom stereocenters. The molecule has 28 heavy (non-hydrogen) atoms. The number of rotatable bonds is 7. The molecular weight excluding hydrogens is 374 g/mol. The Morgan fingerprint density at radius 1 is 1.25 bits per heavy atom. The van der Waals surface area contributed by atoms with E-state index in [-0.39, 0.29) is 5.91 Å². The van der Waals surface area contributed by atoms with Gasteiger partial charge in [0, 0.05) is 34.4 Å². The van der Waals surface area contributed by atoms with Gasteiger partial charge in [-0.05, 0) is 38.1 Å². The van der Waals surface area contributed by atoms with Gasteiger partial charge in [-0.1, -0.05) is 6.08 Å². The maximum absolute atomic E-state index is 12.6. The van der Waals surface area contributed by atoms with E-state index in [9.17, 15) is 4.79 Å². The summed E-state index contributed by atoms with van der Waals surface area (Å²) >= 11 is 1.39. The maximum atomic E-state index is 12.6. The first-order chi connectivity index (χ1) is 13.5. The van der Waals surface area contributed by atoms with Gasteiger partial charge < -0.3 is 14.0 Å². The van der Waals surface area contributed by atoms with Crippen LogP contribution in [-0.4, -0.2) is 29.7 Å². The number of anilines is 1. The summed E-state index contributed by atoms with van der Waals surface area (Å²) < 4.78 is 12.6. The van der Waals surface area contributed by atoms with Gasteiger partial charge in [-0.2, -0.15) is 0 Å². The van der Waals surface area contributed by atoms with E-state index in [4.69, 9.17) is 9.47 Å². The van der Waals surface area contributed by atoms with Crippen molar-refractivity contribution in [2.75, 3.05) is 19.5 Å². The topological polar surface area (TPSA) is 65.4 Å². The summed E-state index contributed by atoms with van der Waals surface area (Å²) in [4.78, 5) is 17.2. The Kier molecular flexibility index (Phi) is 5.84. The molecule has 0 saturated carbocycles. The predicted octanol–water partition coefficient (Wildman–Crippen LogP) is 4.68. The molecule has 1 amide bonds. The molecule has 0 aliphatic carbocycles. The largest absolute Gasteiger partial charge is 0.493 e. The van der Waals surface area contributed by atoms with E-state index in [0.29, 0.717) is 22.2 Å². The second-order valence-corrected chi connectivity index (χ2v) is 7.10. The third kappa shape index (κ3) is 3.80. The van der Waals surface area contributed by atoms with Crippen LogP contribution < -0.4 is 14.8 Å². The van der Waals surface area contributed by atoms with Gasteiger partial charge in [0.05, 0.1) is 19.9 Å². The lowest BCUT2D eigenvalue weighted by Gasteiger charge is -2.09. The number of ether oxygens (including phenoxy) is 2. The SMILES string of the molecule is C=CCn1c(C)cc(-c2csc(NC(=O)c3ccc(OC)c(OC)c3)n2)c1C. The molecule has 3 rings (SSSR count). The van der Waals surface area contributed by atoms with Crippen LogP contribution in [0.15, 0.2) is 42.3 Å². The van der Waals surface area contributed by atoms with Gasteiger partial charge in [0.1, 0.15) is 0 Å². The number of carbonyl (C=O) groups excluding carboxylic acids is 1. The number of benzene rings is 1. The van der Waals surface area contributed by atoms with Crippen LogP contribution in [0.1, 0.15) is 21.7 Å². The van der Waals surface area contributed by atoms with Crippen molar-refractivity contribution in [1.82, 2.24) is 9.55 Å². The minimum atomic E-state index is -0.251. The highest BCUT2D eigenvalue weighted by Gasteiger charge is 2.16. The second kappa shape index (κ2) is 8.31. The predicted molar refractivity (Wildman–Crippen MR) is 113 cm³/mol. The Bertz CT molecular complexity index is 1020. The summed E-state index contributed by atoms with van der Waals surface area (Å²) in [7, 11) is 3.09. The Labute approximate surface area is 168 Å². The lowest BCUT2D eigenvalue weighted by atomic mass is 10.2. The Morgan fingerprint density at radius 2 is 2.00 bits per heavy atom. The number of carbonyl (C=O) groups is 1. The first kappa shape index (κ1) is 19.7. The molecule has 3 aromatic rings. The highest BCUT2D eigenvalue weighted by molar-refractivity contribution is 7.14. The van der Waals surface area contributed by atoms with Crippen molar-refractivity contribution >= 4 is 22.4 Å². The molecule has 0 radical (unpaired) electrons. The molecule has 1 N–H and O–H groups in total. The number of aryl methyl sites for hydroxylation is 1. The summed E-state index contributed by atoms with van der Waals surface area (Å²) in [5, 5.41) is 5.35. The lowest BCUT2D eigenvalue weighted by Crippen LogP contribution is -2.12. The fourth-order valence-electron chi connectivity index (χ4n) is 3.07. The molecule has 0 spiro atoms. The van der Waals surface area contributed by atoms with Crippen molar-refractivity contribution < 1.29 is 14.3 Å². The zero-order valence-corrected chi connectivity index (χ0v) is 17.2. The van der Waals surface area contributed by atoms with E-state index in [0.717, 1.165) is 29.2 Å². The summed E-state index contributed by atoms with van der Waals surface area (Å²) in [6.07, 6.45) is 1.87. The van der Waals surface area contributed by atoms with Gasteiger partial charge in [-0.3, -0.25) is 10.1 Å². The average Bonchev–Trinajstić information content (AvgIpc) is 3.27. The molecule has 2 aromatic heterocycles. The second-order valence-electron chi connectivity index (χ2n) is 6.25. The molecule has 0 fully saturated rings. The first-order valence-corrected chi connectivity index (χ1v) is 9.63. The number of nitrogens with zero attached hydrogens (tertiary/aromatic N) is 2. The zero-order valence-electron chi connectivity index (χ0n) is 16.4. The first-order valence-electron chi connectivity index (χ1n) is 8.75. The van der Waals surface area contributed by atoms with E-state index < -0.39 is 0 Å². The molecule has 0 aliphatic rings. The number of hydrogen-bond acceptors (Lipinski definition) is 5. The smallest absolute Gasteiger partial charge is 0.257 e. The van der Waals surface area contributed by atoms with Gasteiger partial charge in [-0.15, -0.1) is 17.9 Å². The van der Waals surface area contributed by atoms with E-state index in [1.165, 1.54) is 18.4 Å². The number of methoxy groups -OCH3 is 2. The monoisotopic (exact) mass is 397 g/mol. The van der Waals surface area contributed by atoms with Crippen molar-refractivity contribution in [3.63, 3.8) is 0 Å². The van der Waals surface area contributed by atoms with Crippen LogP contribution in [0.25, 0.3) is 11.3 Å². The van der Waals surface area contributed by atoms with Crippen molar-refractivity contribution in [3.05, 3.63) is 59.3 Å². The van der Waals surface area contributed by atoms with Crippen LogP contribution in [0.5, 0.6) is 11.5 Å².